The van der Waals surface area contributed by atoms with Crippen LogP contribution in [-0.2, 0) is 0 Å². The van der Waals surface area contributed by atoms with Gasteiger partial charge < -0.3 is 4.90 Å². The Kier molecular flexibility index (Phi) is 4.37. The summed E-state index contributed by atoms with van der Waals surface area (Å²) in [4.78, 5) is 24.3. The van der Waals surface area contributed by atoms with E-state index < -0.39 is 0 Å². The molecule has 1 fully saturated rings. The number of nitrogens with zero attached hydrogens (tertiary/aromatic N) is 5. The zero-order chi connectivity index (χ0) is 18.9. The van der Waals surface area contributed by atoms with Gasteiger partial charge >= 0.3 is 0 Å². The van der Waals surface area contributed by atoms with Crippen LogP contribution in [0.3, 0.4) is 0 Å². The molecule has 0 aromatic carbocycles. The maximum Gasteiger partial charge on any atom is 0.263 e. The number of pyridine rings is 2. The molecule has 0 spiro atoms. The van der Waals surface area contributed by atoms with E-state index in [0.717, 1.165) is 46.9 Å². The lowest BCUT2D eigenvalue weighted by molar-refractivity contribution is 0.0709. The minimum atomic E-state index is 0.113. The first kappa shape index (κ1) is 17.1. The molecule has 5 rings (SSSR count). The summed E-state index contributed by atoms with van der Waals surface area (Å²) < 4.78 is 1.83. The molecule has 0 saturated carbocycles. The van der Waals surface area contributed by atoms with Crippen LogP contribution < -0.4 is 0 Å². The van der Waals surface area contributed by atoms with Crippen molar-refractivity contribution < 1.29 is 4.79 Å². The van der Waals surface area contributed by atoms with E-state index in [2.05, 4.69) is 4.98 Å². The van der Waals surface area contributed by atoms with Crippen molar-refractivity contribution in [2.75, 3.05) is 13.1 Å². The van der Waals surface area contributed by atoms with Gasteiger partial charge in [-0.15, -0.1) is 11.3 Å². The van der Waals surface area contributed by atoms with E-state index in [1.165, 1.54) is 11.3 Å². The number of carbonyl (C=O) groups is 1. The highest BCUT2D eigenvalue weighted by molar-refractivity contribution is 7.12. The number of likely N-dealkylation sites (tertiary alicyclic amines) is 1. The maximum atomic E-state index is 12.7. The van der Waals surface area contributed by atoms with E-state index in [9.17, 15) is 4.79 Å². The fourth-order valence-electron chi connectivity index (χ4n) is 3.71. The summed E-state index contributed by atoms with van der Waals surface area (Å²) in [5.74, 6) is 1.09. The molecule has 1 aliphatic rings. The van der Waals surface area contributed by atoms with Crippen molar-refractivity contribution in [2.24, 2.45) is 0 Å². The second-order valence-electron chi connectivity index (χ2n) is 7.00. The van der Waals surface area contributed by atoms with Crippen LogP contribution in [0.15, 0.2) is 60.4 Å². The predicted molar refractivity (Wildman–Crippen MR) is 108 cm³/mol. The van der Waals surface area contributed by atoms with Crippen molar-refractivity contribution in [1.29, 1.82) is 0 Å². The third kappa shape index (κ3) is 3.18. The van der Waals surface area contributed by atoms with E-state index in [4.69, 9.17) is 10.1 Å². The zero-order valence-corrected chi connectivity index (χ0v) is 16.0. The van der Waals surface area contributed by atoms with E-state index >= 15 is 0 Å². The lowest BCUT2D eigenvalue weighted by Crippen LogP contribution is -2.39. The van der Waals surface area contributed by atoms with Gasteiger partial charge in [-0.05, 0) is 42.5 Å². The van der Waals surface area contributed by atoms with Crippen LogP contribution in [0.4, 0.5) is 0 Å². The molecule has 1 amide bonds. The van der Waals surface area contributed by atoms with Gasteiger partial charge in [-0.2, -0.15) is 5.10 Å². The monoisotopic (exact) mass is 389 g/mol. The SMILES string of the molecule is O=C(c1cccs1)N1CCC[C@H](c2nc3ccc(-c4cccnc4)cn3n2)C1. The van der Waals surface area contributed by atoms with Crippen LogP contribution in [-0.4, -0.2) is 43.5 Å². The Balaban J connectivity index is 1.40. The summed E-state index contributed by atoms with van der Waals surface area (Å²) in [6.07, 6.45) is 7.56. The first-order valence-corrected chi connectivity index (χ1v) is 10.3. The highest BCUT2D eigenvalue weighted by Gasteiger charge is 2.28. The number of carbonyl (C=O) groups excluding carboxylic acids is 1. The van der Waals surface area contributed by atoms with Crippen molar-refractivity contribution in [3.8, 4) is 11.1 Å². The first-order chi connectivity index (χ1) is 13.8. The smallest absolute Gasteiger partial charge is 0.263 e. The molecule has 0 bridgehead atoms. The summed E-state index contributed by atoms with van der Waals surface area (Å²) in [7, 11) is 0. The quantitative estimate of drug-likeness (QED) is 0.534. The maximum absolute atomic E-state index is 12.7. The van der Waals surface area contributed by atoms with Crippen molar-refractivity contribution in [3.05, 3.63) is 71.1 Å². The number of amides is 1. The summed E-state index contributed by atoms with van der Waals surface area (Å²) in [5, 5.41) is 6.67. The topological polar surface area (TPSA) is 63.4 Å². The summed E-state index contributed by atoms with van der Waals surface area (Å²) in [5.41, 5.74) is 2.92. The van der Waals surface area contributed by atoms with Gasteiger partial charge in [0.2, 0.25) is 0 Å². The van der Waals surface area contributed by atoms with Crippen LogP contribution in [0.5, 0.6) is 0 Å². The Morgan fingerprint density at radius 2 is 2.11 bits per heavy atom. The lowest BCUT2D eigenvalue weighted by Gasteiger charge is -2.31. The minimum Gasteiger partial charge on any atom is -0.337 e. The molecule has 1 saturated heterocycles. The molecule has 28 heavy (non-hydrogen) atoms. The Morgan fingerprint density at radius 1 is 1.14 bits per heavy atom. The van der Waals surface area contributed by atoms with Crippen molar-refractivity contribution in [3.63, 3.8) is 0 Å². The number of thiophene rings is 1. The summed E-state index contributed by atoms with van der Waals surface area (Å²) in [6, 6.07) is 11.8. The van der Waals surface area contributed by atoms with E-state index in [-0.39, 0.29) is 11.8 Å². The molecule has 4 aromatic heterocycles. The molecule has 0 unspecified atom stereocenters. The normalized spacial score (nSPS) is 17.1. The molecule has 6 nitrogen and oxygen atoms in total. The summed E-state index contributed by atoms with van der Waals surface area (Å²) >= 11 is 1.49. The van der Waals surface area contributed by atoms with Crippen LogP contribution >= 0.6 is 11.3 Å². The number of aromatic nitrogens is 4. The Bertz CT molecular complexity index is 1110. The number of rotatable bonds is 3. The van der Waals surface area contributed by atoms with Gasteiger partial charge in [0.1, 0.15) is 0 Å². The van der Waals surface area contributed by atoms with E-state index in [1.54, 1.807) is 6.20 Å². The van der Waals surface area contributed by atoms with E-state index in [0.29, 0.717) is 6.54 Å². The Labute approximate surface area is 166 Å². The Hall–Kier alpha value is -3.06. The van der Waals surface area contributed by atoms with Gasteiger partial charge in [0.25, 0.3) is 5.91 Å². The number of hydrogen-bond acceptors (Lipinski definition) is 5. The molecule has 1 aliphatic heterocycles. The number of piperidine rings is 1. The van der Waals surface area contributed by atoms with Crippen LogP contribution in [0, 0.1) is 0 Å². The van der Waals surface area contributed by atoms with Gasteiger partial charge in [-0.3, -0.25) is 9.78 Å². The molecular weight excluding hydrogens is 370 g/mol. The highest BCUT2D eigenvalue weighted by Crippen LogP contribution is 2.27. The lowest BCUT2D eigenvalue weighted by atomic mass is 9.97. The third-order valence-corrected chi connectivity index (χ3v) is 6.01. The van der Waals surface area contributed by atoms with Crippen LogP contribution in [0.2, 0.25) is 0 Å². The van der Waals surface area contributed by atoms with Crippen molar-refractivity contribution in [2.45, 2.75) is 18.8 Å². The van der Waals surface area contributed by atoms with Gasteiger partial charge in [-0.1, -0.05) is 12.1 Å². The van der Waals surface area contributed by atoms with Gasteiger partial charge in [-0.25, -0.2) is 9.50 Å². The van der Waals surface area contributed by atoms with E-state index in [1.807, 2.05) is 63.6 Å². The molecule has 1 atom stereocenters. The van der Waals surface area contributed by atoms with Crippen LogP contribution in [0.1, 0.15) is 34.3 Å². The highest BCUT2D eigenvalue weighted by atomic mass is 32.1. The average Bonchev–Trinajstić information content (AvgIpc) is 3.43. The second-order valence-corrected chi connectivity index (χ2v) is 7.95. The minimum absolute atomic E-state index is 0.113. The largest absolute Gasteiger partial charge is 0.337 e. The molecule has 4 aromatic rings. The standard InChI is InChI=1S/C21H19N5OS/c27-21(18-6-3-11-28-18)25-10-2-5-17(13-25)20-23-19-8-7-16(14-26(19)24-20)15-4-1-9-22-12-15/h1,3-4,6-9,11-12,14,17H,2,5,10,13H2/t17-/m0/s1. The first-order valence-electron chi connectivity index (χ1n) is 9.37. The van der Waals surface area contributed by atoms with Crippen LogP contribution in [0.25, 0.3) is 16.8 Å². The molecule has 5 heterocycles. The second kappa shape index (κ2) is 7.16. The zero-order valence-electron chi connectivity index (χ0n) is 15.2. The number of hydrogen-bond donors (Lipinski definition) is 0. The fraction of sp³-hybridized carbons (Fsp3) is 0.238. The Morgan fingerprint density at radius 3 is 2.93 bits per heavy atom. The fourth-order valence-corrected chi connectivity index (χ4v) is 4.40. The molecular formula is C21H19N5OS. The third-order valence-electron chi connectivity index (χ3n) is 5.15. The molecule has 0 N–H and O–H groups in total. The van der Waals surface area contributed by atoms with Gasteiger partial charge in [0, 0.05) is 48.7 Å². The summed E-state index contributed by atoms with van der Waals surface area (Å²) in [6.45, 7) is 1.47. The van der Waals surface area contributed by atoms with Crippen molar-refractivity contribution >= 4 is 22.9 Å². The van der Waals surface area contributed by atoms with Gasteiger partial charge in [0.15, 0.2) is 11.5 Å². The predicted octanol–water partition coefficient (Wildman–Crippen LogP) is 3.87. The average molecular weight is 389 g/mol. The molecule has 140 valence electrons. The molecule has 0 aliphatic carbocycles. The molecule has 7 heteroatoms. The number of fused-ring (bicyclic) bond motifs is 1. The van der Waals surface area contributed by atoms with Crippen molar-refractivity contribution in [1.82, 2.24) is 24.5 Å². The molecule has 0 radical (unpaired) electrons. The van der Waals surface area contributed by atoms with Gasteiger partial charge in [0.05, 0.1) is 4.88 Å².